The summed E-state index contributed by atoms with van der Waals surface area (Å²) in [6.45, 7) is 9.74. The molecule has 0 radical (unpaired) electrons. The molecule has 140 valence electrons. The van der Waals surface area contributed by atoms with Gasteiger partial charge in [-0.25, -0.2) is 4.79 Å². The van der Waals surface area contributed by atoms with E-state index in [0.29, 0.717) is 24.3 Å². The van der Waals surface area contributed by atoms with E-state index in [1.54, 1.807) is 0 Å². The van der Waals surface area contributed by atoms with Gasteiger partial charge in [0, 0.05) is 31.6 Å². The van der Waals surface area contributed by atoms with Gasteiger partial charge in [-0.2, -0.15) is 4.98 Å². The van der Waals surface area contributed by atoms with Crippen LogP contribution in [0, 0.1) is 12.3 Å². The molecule has 2 saturated heterocycles. The molecule has 1 aromatic heterocycles. The van der Waals surface area contributed by atoms with Gasteiger partial charge < -0.3 is 19.6 Å². The number of amides is 2. The van der Waals surface area contributed by atoms with E-state index in [0.717, 1.165) is 32.5 Å². The van der Waals surface area contributed by atoms with Crippen LogP contribution in [0.25, 0.3) is 0 Å². The number of aromatic nitrogens is 2. The van der Waals surface area contributed by atoms with Crippen molar-refractivity contribution in [2.24, 2.45) is 5.41 Å². The van der Waals surface area contributed by atoms with Crippen LogP contribution in [0.5, 0.6) is 0 Å². The third-order valence-electron chi connectivity index (χ3n) is 5.89. The molecule has 2 fully saturated rings. The molecule has 1 N–H and O–H groups in total. The molecule has 0 bridgehead atoms. The van der Waals surface area contributed by atoms with Crippen LogP contribution in [0.15, 0.2) is 4.52 Å². The Balaban J connectivity index is 1.48. The number of likely N-dealkylation sites (N-methyl/N-ethyl adjacent to an activating group) is 1. The number of rotatable bonds is 3. The Hall–Kier alpha value is -1.63. The Morgan fingerprint density at radius 1 is 1.32 bits per heavy atom. The molecular weight excluding hydrogens is 318 g/mol. The number of nitrogens with zero attached hydrogens (tertiary/aromatic N) is 4. The van der Waals surface area contributed by atoms with Crippen LogP contribution >= 0.6 is 0 Å². The van der Waals surface area contributed by atoms with Crippen LogP contribution in [0.3, 0.4) is 0 Å². The van der Waals surface area contributed by atoms with Crippen molar-refractivity contribution >= 4 is 6.03 Å². The molecule has 0 aliphatic carbocycles. The number of carbonyl (C=O) groups excluding carboxylic acids is 1. The van der Waals surface area contributed by atoms with Crippen molar-refractivity contribution in [3.8, 4) is 0 Å². The number of aryl methyl sites for hydroxylation is 1. The average Bonchev–Trinajstić information content (AvgIpc) is 3.00. The Kier molecular flexibility index (Phi) is 5.32. The fraction of sp³-hybridized carbons (Fsp3) is 0.833. The first-order valence-corrected chi connectivity index (χ1v) is 9.40. The van der Waals surface area contributed by atoms with E-state index in [1.807, 2.05) is 11.8 Å². The predicted molar refractivity (Wildman–Crippen MR) is 95.4 cm³/mol. The van der Waals surface area contributed by atoms with Gasteiger partial charge >= 0.3 is 6.03 Å². The number of carbonyl (C=O) groups is 1. The summed E-state index contributed by atoms with van der Waals surface area (Å²) in [7, 11) is 2.16. The van der Waals surface area contributed by atoms with Crippen molar-refractivity contribution in [2.75, 3.05) is 33.2 Å². The largest absolute Gasteiger partial charge is 0.339 e. The van der Waals surface area contributed by atoms with Crippen LogP contribution in [0.4, 0.5) is 4.79 Å². The van der Waals surface area contributed by atoms with Crippen molar-refractivity contribution in [1.29, 1.82) is 0 Å². The molecule has 0 saturated carbocycles. The van der Waals surface area contributed by atoms with Crippen LogP contribution in [-0.4, -0.2) is 65.2 Å². The van der Waals surface area contributed by atoms with Gasteiger partial charge in [0.2, 0.25) is 5.89 Å². The molecule has 0 aromatic carbocycles. The van der Waals surface area contributed by atoms with Gasteiger partial charge in [0.05, 0.1) is 0 Å². The molecule has 1 atom stereocenters. The highest BCUT2D eigenvalue weighted by Gasteiger charge is 2.36. The molecule has 2 aliphatic heterocycles. The normalized spacial score (nSPS) is 25.1. The van der Waals surface area contributed by atoms with Crippen molar-refractivity contribution in [3.63, 3.8) is 0 Å². The minimum Gasteiger partial charge on any atom is -0.339 e. The summed E-state index contributed by atoms with van der Waals surface area (Å²) >= 11 is 0. The smallest absolute Gasteiger partial charge is 0.317 e. The Morgan fingerprint density at radius 3 is 2.64 bits per heavy atom. The van der Waals surface area contributed by atoms with Gasteiger partial charge in [-0.1, -0.05) is 19.0 Å². The molecule has 3 heterocycles. The van der Waals surface area contributed by atoms with Gasteiger partial charge in [0.25, 0.3) is 0 Å². The Labute approximate surface area is 150 Å². The molecule has 3 rings (SSSR count). The third-order valence-corrected chi connectivity index (χ3v) is 5.89. The summed E-state index contributed by atoms with van der Waals surface area (Å²) < 4.78 is 5.28. The SMILES string of the molecule is Cc1noc(C2CCN(C(=O)NCC3N(C)CCCC3(C)C)CC2)n1. The average molecular weight is 349 g/mol. The number of hydrogen-bond acceptors (Lipinski definition) is 5. The fourth-order valence-corrected chi connectivity index (χ4v) is 4.24. The lowest BCUT2D eigenvalue weighted by Gasteiger charge is -2.45. The first kappa shape index (κ1) is 18.2. The van der Waals surface area contributed by atoms with Crippen molar-refractivity contribution in [3.05, 3.63) is 11.7 Å². The molecule has 7 nitrogen and oxygen atoms in total. The topological polar surface area (TPSA) is 74.5 Å². The maximum atomic E-state index is 12.6. The summed E-state index contributed by atoms with van der Waals surface area (Å²) in [5.74, 6) is 1.66. The van der Waals surface area contributed by atoms with Gasteiger partial charge in [-0.05, 0) is 51.6 Å². The molecular formula is C18H31N5O2. The molecule has 2 amide bonds. The standard InChI is InChI=1S/C18H31N5O2/c1-13-20-16(25-21-13)14-6-10-23(11-7-14)17(24)19-12-15-18(2,3)8-5-9-22(15)4/h14-15H,5-12H2,1-4H3,(H,19,24). The van der Waals surface area contributed by atoms with Gasteiger partial charge in [-0.3, -0.25) is 0 Å². The van der Waals surface area contributed by atoms with Crippen LogP contribution in [0.1, 0.15) is 57.2 Å². The zero-order chi connectivity index (χ0) is 18.0. The van der Waals surface area contributed by atoms with Crippen molar-refractivity contribution in [2.45, 2.75) is 58.4 Å². The summed E-state index contributed by atoms with van der Waals surface area (Å²) in [5.41, 5.74) is 0.239. The van der Waals surface area contributed by atoms with Crippen molar-refractivity contribution < 1.29 is 9.32 Å². The second kappa shape index (κ2) is 7.32. The summed E-state index contributed by atoms with van der Waals surface area (Å²) in [5, 5.41) is 7.02. The van der Waals surface area contributed by atoms with E-state index in [1.165, 1.54) is 12.8 Å². The van der Waals surface area contributed by atoms with E-state index in [9.17, 15) is 4.79 Å². The highest BCUT2D eigenvalue weighted by Crippen LogP contribution is 2.34. The summed E-state index contributed by atoms with van der Waals surface area (Å²) in [6.07, 6.45) is 4.21. The lowest BCUT2D eigenvalue weighted by molar-refractivity contribution is 0.0584. The van der Waals surface area contributed by atoms with E-state index >= 15 is 0 Å². The second-order valence-electron chi connectivity index (χ2n) is 8.22. The van der Waals surface area contributed by atoms with Gasteiger partial charge in [0.15, 0.2) is 5.82 Å². The number of piperidine rings is 2. The van der Waals surface area contributed by atoms with Gasteiger partial charge in [-0.15, -0.1) is 0 Å². The third kappa shape index (κ3) is 4.14. The van der Waals surface area contributed by atoms with E-state index in [4.69, 9.17) is 4.52 Å². The zero-order valence-electron chi connectivity index (χ0n) is 15.9. The van der Waals surface area contributed by atoms with E-state index in [2.05, 4.69) is 41.3 Å². The predicted octanol–water partition coefficient (Wildman–Crippen LogP) is 2.39. The highest BCUT2D eigenvalue weighted by atomic mass is 16.5. The zero-order valence-corrected chi connectivity index (χ0v) is 15.9. The number of urea groups is 1. The minimum absolute atomic E-state index is 0.0509. The first-order valence-electron chi connectivity index (χ1n) is 9.40. The van der Waals surface area contributed by atoms with E-state index in [-0.39, 0.29) is 17.4 Å². The Bertz CT molecular complexity index is 592. The van der Waals surface area contributed by atoms with Crippen LogP contribution in [-0.2, 0) is 0 Å². The molecule has 1 aromatic rings. The lowest BCUT2D eigenvalue weighted by Crippen LogP contribution is -2.55. The minimum atomic E-state index is 0.0509. The summed E-state index contributed by atoms with van der Waals surface area (Å²) in [6, 6.07) is 0.444. The lowest BCUT2D eigenvalue weighted by atomic mass is 9.76. The molecule has 2 aliphatic rings. The highest BCUT2D eigenvalue weighted by molar-refractivity contribution is 5.74. The number of hydrogen-bond donors (Lipinski definition) is 1. The van der Waals surface area contributed by atoms with Crippen LogP contribution < -0.4 is 5.32 Å². The monoisotopic (exact) mass is 349 g/mol. The number of likely N-dealkylation sites (tertiary alicyclic amines) is 2. The van der Waals surface area contributed by atoms with Crippen LogP contribution in [0.2, 0.25) is 0 Å². The van der Waals surface area contributed by atoms with Gasteiger partial charge in [0.1, 0.15) is 0 Å². The molecule has 7 heteroatoms. The molecule has 1 unspecified atom stereocenters. The second-order valence-corrected chi connectivity index (χ2v) is 8.22. The fourth-order valence-electron chi connectivity index (χ4n) is 4.24. The molecule has 25 heavy (non-hydrogen) atoms. The van der Waals surface area contributed by atoms with E-state index < -0.39 is 0 Å². The first-order chi connectivity index (χ1) is 11.9. The quantitative estimate of drug-likeness (QED) is 0.907. The maximum absolute atomic E-state index is 12.6. The Morgan fingerprint density at radius 2 is 2.04 bits per heavy atom. The van der Waals surface area contributed by atoms with Crippen molar-refractivity contribution in [1.82, 2.24) is 25.3 Å². The number of nitrogens with one attached hydrogen (secondary N) is 1. The molecule has 0 spiro atoms. The maximum Gasteiger partial charge on any atom is 0.317 e. The summed E-state index contributed by atoms with van der Waals surface area (Å²) in [4.78, 5) is 21.2.